The number of pyridine rings is 1. The Morgan fingerprint density at radius 1 is 1.22 bits per heavy atom. The lowest BCUT2D eigenvalue weighted by Gasteiger charge is -2.37. The topological polar surface area (TPSA) is 71.5 Å². The summed E-state index contributed by atoms with van der Waals surface area (Å²) in [4.78, 5) is 31.6. The summed E-state index contributed by atoms with van der Waals surface area (Å²) in [6.45, 7) is 2.76. The Morgan fingerprint density at radius 3 is 2.70 bits per heavy atom. The minimum absolute atomic E-state index is 0.0194. The third-order valence-electron chi connectivity index (χ3n) is 6.39. The number of likely N-dealkylation sites (tertiary alicyclic amines) is 1. The Hall–Kier alpha value is -1.95. The van der Waals surface area contributed by atoms with E-state index in [0.29, 0.717) is 0 Å². The first kappa shape index (κ1) is 18.4. The summed E-state index contributed by atoms with van der Waals surface area (Å²) in [7, 11) is 0. The zero-order valence-electron chi connectivity index (χ0n) is 15.9. The van der Waals surface area contributed by atoms with E-state index in [2.05, 4.69) is 21.3 Å². The summed E-state index contributed by atoms with van der Waals surface area (Å²) in [5.74, 6) is -0.495. The number of hydrogen-bond donors (Lipinski definition) is 1. The molecule has 1 unspecified atom stereocenters. The average Bonchev–Trinajstić information content (AvgIpc) is 3.00. The van der Waals surface area contributed by atoms with Gasteiger partial charge in [-0.15, -0.1) is 0 Å². The number of carbonyl (C=O) groups excluding carboxylic acids is 2. The van der Waals surface area contributed by atoms with Crippen LogP contribution in [0.3, 0.4) is 0 Å². The van der Waals surface area contributed by atoms with Gasteiger partial charge >= 0.3 is 5.97 Å². The van der Waals surface area contributed by atoms with Crippen molar-refractivity contribution in [3.05, 3.63) is 30.1 Å². The fourth-order valence-corrected chi connectivity index (χ4v) is 4.88. The van der Waals surface area contributed by atoms with Gasteiger partial charge in [-0.2, -0.15) is 0 Å². The fraction of sp³-hybridized carbons (Fsp3) is 0.667. The Kier molecular flexibility index (Phi) is 5.43. The molecular formula is C21H29N3O3. The van der Waals surface area contributed by atoms with Crippen LogP contribution in [0.4, 0.5) is 0 Å². The number of nitrogens with zero attached hydrogens (tertiary/aromatic N) is 2. The molecule has 6 heteroatoms. The molecule has 1 aromatic rings. The molecule has 2 aliphatic heterocycles. The molecule has 6 nitrogen and oxygen atoms in total. The van der Waals surface area contributed by atoms with Crippen LogP contribution >= 0.6 is 0 Å². The van der Waals surface area contributed by atoms with Crippen LogP contribution in [0.1, 0.15) is 57.1 Å². The molecular weight excluding hydrogens is 342 g/mol. The van der Waals surface area contributed by atoms with Crippen molar-refractivity contribution in [2.75, 3.05) is 13.1 Å². The van der Waals surface area contributed by atoms with Crippen molar-refractivity contribution in [3.8, 4) is 0 Å². The van der Waals surface area contributed by atoms with Gasteiger partial charge in [0.2, 0.25) is 5.91 Å². The number of rotatable bonds is 4. The van der Waals surface area contributed by atoms with Crippen molar-refractivity contribution in [1.82, 2.24) is 15.2 Å². The molecule has 0 aromatic carbocycles. The van der Waals surface area contributed by atoms with Crippen molar-refractivity contribution in [2.45, 2.75) is 69.6 Å². The number of hydrogen-bond acceptors (Lipinski definition) is 5. The second kappa shape index (κ2) is 7.97. The van der Waals surface area contributed by atoms with Gasteiger partial charge in [0.25, 0.3) is 0 Å². The fourth-order valence-electron chi connectivity index (χ4n) is 4.88. The Labute approximate surface area is 160 Å². The summed E-state index contributed by atoms with van der Waals surface area (Å²) in [6, 6.07) is 6.19. The summed E-state index contributed by atoms with van der Waals surface area (Å²) in [5, 5.41) is 3.22. The Balaban J connectivity index is 1.29. The minimum Gasteiger partial charge on any atom is -0.458 e. The first-order valence-electron chi connectivity index (χ1n) is 10.3. The molecule has 1 amide bonds. The molecule has 2 saturated heterocycles. The highest BCUT2D eigenvalue weighted by atomic mass is 16.6. The van der Waals surface area contributed by atoms with Crippen LogP contribution < -0.4 is 5.32 Å². The van der Waals surface area contributed by atoms with Gasteiger partial charge in [-0.1, -0.05) is 12.5 Å². The van der Waals surface area contributed by atoms with Crippen LogP contribution in [0.5, 0.6) is 0 Å². The molecule has 146 valence electrons. The van der Waals surface area contributed by atoms with Gasteiger partial charge in [-0.3, -0.25) is 19.5 Å². The molecule has 4 rings (SSSR count). The second-order valence-corrected chi connectivity index (χ2v) is 8.24. The highest BCUT2D eigenvalue weighted by Gasteiger charge is 2.53. The Morgan fingerprint density at radius 2 is 2.00 bits per heavy atom. The lowest BCUT2D eigenvalue weighted by molar-refractivity contribution is -0.153. The molecule has 3 fully saturated rings. The smallest absolute Gasteiger partial charge is 0.307 e. The molecule has 0 bridgehead atoms. The lowest BCUT2D eigenvalue weighted by atomic mass is 9.75. The van der Waals surface area contributed by atoms with Gasteiger partial charge in [-0.05, 0) is 50.7 Å². The molecule has 1 spiro atoms. The quantitative estimate of drug-likeness (QED) is 0.823. The molecule has 1 aliphatic carbocycles. The summed E-state index contributed by atoms with van der Waals surface area (Å²) in [5.41, 5.74) is 0.555. The zero-order valence-corrected chi connectivity index (χ0v) is 15.9. The van der Waals surface area contributed by atoms with Crippen LogP contribution in [0.2, 0.25) is 0 Å². The van der Waals surface area contributed by atoms with Crippen molar-refractivity contribution in [1.29, 1.82) is 0 Å². The van der Waals surface area contributed by atoms with Crippen LogP contribution in [0.25, 0.3) is 0 Å². The van der Waals surface area contributed by atoms with Crippen molar-refractivity contribution < 1.29 is 14.3 Å². The SMILES string of the molecule is O=C1CC(C(=O)NC2CCN(Cc3ccccn3)CC2)C2(CCCCC2)O1. The number of amides is 1. The predicted molar refractivity (Wildman–Crippen MR) is 101 cm³/mol. The molecule has 1 atom stereocenters. The van der Waals surface area contributed by atoms with Crippen LogP contribution in [0, 0.1) is 5.92 Å². The van der Waals surface area contributed by atoms with E-state index in [9.17, 15) is 9.59 Å². The van der Waals surface area contributed by atoms with Crippen molar-refractivity contribution >= 4 is 11.9 Å². The van der Waals surface area contributed by atoms with Gasteiger partial charge in [0.05, 0.1) is 18.0 Å². The maximum Gasteiger partial charge on any atom is 0.307 e. The summed E-state index contributed by atoms with van der Waals surface area (Å²) in [6.07, 6.45) is 8.87. The standard InChI is InChI=1S/C21H29N3O3/c25-19-14-18(21(27-19)9-3-1-4-10-21)20(26)23-16-7-12-24(13-8-16)15-17-6-2-5-11-22-17/h2,5-6,11,16,18H,1,3-4,7-10,12-15H2,(H,23,26). The van der Waals surface area contributed by atoms with E-state index >= 15 is 0 Å². The number of nitrogens with one attached hydrogen (secondary N) is 1. The predicted octanol–water partition coefficient (Wildman–Crippen LogP) is 2.43. The monoisotopic (exact) mass is 371 g/mol. The van der Waals surface area contributed by atoms with E-state index in [0.717, 1.165) is 63.9 Å². The van der Waals surface area contributed by atoms with E-state index in [1.165, 1.54) is 6.42 Å². The maximum atomic E-state index is 12.9. The summed E-state index contributed by atoms with van der Waals surface area (Å²) < 4.78 is 5.68. The number of aromatic nitrogens is 1. The van der Waals surface area contributed by atoms with Gasteiger partial charge < -0.3 is 10.1 Å². The average molecular weight is 371 g/mol. The molecule has 1 N–H and O–H groups in total. The zero-order chi connectivity index (χ0) is 18.7. The number of carbonyl (C=O) groups is 2. The first-order valence-corrected chi connectivity index (χ1v) is 10.3. The molecule has 3 heterocycles. The van der Waals surface area contributed by atoms with Crippen LogP contribution in [0.15, 0.2) is 24.4 Å². The van der Waals surface area contributed by atoms with Crippen molar-refractivity contribution in [3.63, 3.8) is 0 Å². The molecule has 3 aliphatic rings. The van der Waals surface area contributed by atoms with Gasteiger partial charge in [0.1, 0.15) is 5.60 Å². The summed E-state index contributed by atoms with van der Waals surface area (Å²) >= 11 is 0. The highest BCUT2D eigenvalue weighted by molar-refractivity contribution is 5.88. The normalized spacial score (nSPS) is 26.1. The van der Waals surface area contributed by atoms with Gasteiger partial charge in [-0.25, -0.2) is 0 Å². The first-order chi connectivity index (χ1) is 13.1. The lowest BCUT2D eigenvalue weighted by Crippen LogP contribution is -2.50. The third-order valence-corrected chi connectivity index (χ3v) is 6.39. The van der Waals surface area contributed by atoms with Crippen LogP contribution in [-0.2, 0) is 20.9 Å². The van der Waals surface area contributed by atoms with Crippen molar-refractivity contribution in [2.24, 2.45) is 5.92 Å². The number of esters is 1. The highest BCUT2D eigenvalue weighted by Crippen LogP contribution is 2.44. The molecule has 27 heavy (non-hydrogen) atoms. The molecule has 1 saturated carbocycles. The van der Waals surface area contributed by atoms with E-state index < -0.39 is 5.60 Å². The molecule has 0 radical (unpaired) electrons. The Bertz CT molecular complexity index is 665. The minimum atomic E-state index is -0.529. The van der Waals surface area contributed by atoms with Gasteiger partial charge in [0, 0.05) is 31.9 Å². The molecule has 1 aromatic heterocycles. The largest absolute Gasteiger partial charge is 0.458 e. The third kappa shape index (κ3) is 4.15. The van der Waals surface area contributed by atoms with Crippen LogP contribution in [-0.4, -0.2) is 46.5 Å². The number of ether oxygens (including phenoxy) is 1. The van der Waals surface area contributed by atoms with Gasteiger partial charge in [0.15, 0.2) is 0 Å². The van der Waals surface area contributed by atoms with E-state index in [1.807, 2.05) is 18.3 Å². The number of piperidine rings is 1. The second-order valence-electron chi connectivity index (χ2n) is 8.24. The van der Waals surface area contributed by atoms with E-state index in [1.54, 1.807) is 0 Å². The van der Waals surface area contributed by atoms with E-state index in [4.69, 9.17) is 4.74 Å². The van der Waals surface area contributed by atoms with E-state index in [-0.39, 0.29) is 30.3 Å². The maximum absolute atomic E-state index is 12.9.